The summed E-state index contributed by atoms with van der Waals surface area (Å²) in [4.78, 5) is 25.9. The van der Waals surface area contributed by atoms with E-state index in [2.05, 4.69) is 27.4 Å². The molecular formula is C24H22ClN3O4. The van der Waals surface area contributed by atoms with E-state index in [0.717, 1.165) is 24.0 Å². The third-order valence-corrected chi connectivity index (χ3v) is 5.73. The number of carbonyl (C=O) groups is 1. The number of nitrogens with zero attached hydrogens (tertiary/aromatic N) is 1. The molecule has 1 saturated heterocycles. The summed E-state index contributed by atoms with van der Waals surface area (Å²) in [5.74, 6) is 5.19. The van der Waals surface area contributed by atoms with Crippen LogP contribution in [-0.4, -0.2) is 41.0 Å². The van der Waals surface area contributed by atoms with Crippen LogP contribution in [0.5, 0.6) is 0 Å². The minimum atomic E-state index is -0.567. The number of benzene rings is 2. The molecule has 0 unspecified atom stereocenters. The summed E-state index contributed by atoms with van der Waals surface area (Å²) in [5.41, 5.74) is 2.15. The number of aliphatic hydroxyl groups is 1. The van der Waals surface area contributed by atoms with E-state index in [-0.39, 0.29) is 24.8 Å². The van der Waals surface area contributed by atoms with E-state index in [1.165, 1.54) is 0 Å². The molecule has 0 radical (unpaired) electrons. The van der Waals surface area contributed by atoms with Crippen LogP contribution in [0.25, 0.3) is 10.9 Å². The first-order valence-electron chi connectivity index (χ1n) is 10.3. The van der Waals surface area contributed by atoms with Crippen LogP contribution in [0, 0.1) is 11.8 Å². The van der Waals surface area contributed by atoms with E-state index in [1.807, 2.05) is 12.1 Å². The average molecular weight is 452 g/mol. The minimum Gasteiger partial charge on any atom is -0.384 e. The average Bonchev–Trinajstić information content (AvgIpc) is 2.83. The van der Waals surface area contributed by atoms with Gasteiger partial charge in [0.05, 0.1) is 16.5 Å². The second-order valence-corrected chi connectivity index (χ2v) is 7.98. The van der Waals surface area contributed by atoms with Crippen molar-refractivity contribution in [3.63, 3.8) is 0 Å². The number of rotatable bonds is 4. The maximum atomic E-state index is 13.2. The van der Waals surface area contributed by atoms with Gasteiger partial charge in [0.2, 0.25) is 5.43 Å². The van der Waals surface area contributed by atoms with Crippen LogP contribution in [0.1, 0.15) is 45.9 Å². The van der Waals surface area contributed by atoms with Crippen LogP contribution in [0.2, 0.25) is 5.02 Å². The Kier molecular flexibility index (Phi) is 6.86. The second-order valence-electron chi connectivity index (χ2n) is 7.55. The Morgan fingerprint density at radius 1 is 1.25 bits per heavy atom. The lowest BCUT2D eigenvalue weighted by Gasteiger charge is -2.23. The van der Waals surface area contributed by atoms with Gasteiger partial charge in [0.1, 0.15) is 6.61 Å². The highest BCUT2D eigenvalue weighted by Crippen LogP contribution is 2.29. The van der Waals surface area contributed by atoms with E-state index in [0.29, 0.717) is 34.7 Å². The van der Waals surface area contributed by atoms with Crippen molar-refractivity contribution < 1.29 is 14.6 Å². The summed E-state index contributed by atoms with van der Waals surface area (Å²) >= 11 is 5.89. The molecule has 2 aromatic carbocycles. The number of hydrogen-bond acceptors (Lipinski definition) is 5. The molecule has 1 amide bonds. The first kappa shape index (κ1) is 22.0. The number of amides is 1. The molecule has 0 aliphatic carbocycles. The molecule has 0 bridgehead atoms. The van der Waals surface area contributed by atoms with Crippen LogP contribution >= 0.6 is 11.6 Å². The number of ether oxygens (including phenoxy) is 1. The van der Waals surface area contributed by atoms with Gasteiger partial charge >= 0.3 is 0 Å². The summed E-state index contributed by atoms with van der Waals surface area (Å²) in [6, 6.07) is 10.8. The van der Waals surface area contributed by atoms with Crippen LogP contribution in [0.4, 0.5) is 0 Å². The van der Waals surface area contributed by atoms with Crippen molar-refractivity contribution in [1.29, 1.82) is 0 Å². The van der Waals surface area contributed by atoms with Crippen molar-refractivity contribution >= 4 is 28.4 Å². The van der Waals surface area contributed by atoms with Gasteiger partial charge in [-0.05, 0) is 54.2 Å². The lowest BCUT2D eigenvalue weighted by molar-refractivity contribution is 0.0853. The zero-order valence-electron chi connectivity index (χ0n) is 17.3. The van der Waals surface area contributed by atoms with Gasteiger partial charge in [-0.3, -0.25) is 14.7 Å². The van der Waals surface area contributed by atoms with E-state index in [9.17, 15) is 9.59 Å². The molecule has 3 aromatic rings. The van der Waals surface area contributed by atoms with E-state index in [4.69, 9.17) is 21.4 Å². The van der Waals surface area contributed by atoms with Gasteiger partial charge in [0, 0.05) is 24.8 Å². The molecule has 1 aliphatic rings. The van der Waals surface area contributed by atoms with Crippen molar-refractivity contribution in [3.05, 3.63) is 74.0 Å². The molecule has 1 aliphatic heterocycles. The molecule has 0 saturated carbocycles. The van der Waals surface area contributed by atoms with Crippen LogP contribution in [0.3, 0.4) is 0 Å². The number of hydrogen-bond donors (Lipinski definition) is 3. The molecule has 4 rings (SSSR count). The highest BCUT2D eigenvalue weighted by Gasteiger charge is 2.21. The second kappa shape index (κ2) is 9.96. The maximum absolute atomic E-state index is 13.2. The van der Waals surface area contributed by atoms with Gasteiger partial charge in [-0.15, -0.1) is 0 Å². The fraction of sp³-hybridized carbons (Fsp3) is 0.292. The van der Waals surface area contributed by atoms with E-state index >= 15 is 0 Å². The smallest absolute Gasteiger partial charge is 0.276 e. The Hall–Kier alpha value is -3.18. The lowest BCUT2D eigenvalue weighted by Crippen LogP contribution is -2.30. The number of aliphatic hydroxyl groups excluding tert-OH is 1. The molecule has 0 spiro atoms. The number of aromatic nitrogens is 2. The van der Waals surface area contributed by atoms with Gasteiger partial charge < -0.3 is 15.2 Å². The predicted octanol–water partition coefficient (Wildman–Crippen LogP) is 2.74. The molecule has 0 atom stereocenters. The lowest BCUT2D eigenvalue weighted by atomic mass is 9.89. The van der Waals surface area contributed by atoms with Crippen molar-refractivity contribution in [2.45, 2.75) is 25.3 Å². The highest BCUT2D eigenvalue weighted by atomic mass is 35.5. The zero-order valence-corrected chi connectivity index (χ0v) is 18.0. The zero-order chi connectivity index (χ0) is 22.5. The van der Waals surface area contributed by atoms with Crippen molar-refractivity contribution in [2.24, 2.45) is 0 Å². The number of halogens is 1. The summed E-state index contributed by atoms with van der Waals surface area (Å²) < 4.78 is 5.45. The van der Waals surface area contributed by atoms with Crippen molar-refractivity contribution in [3.8, 4) is 11.8 Å². The quantitative estimate of drug-likeness (QED) is 0.529. The molecule has 1 aromatic heterocycles. The molecule has 2 heterocycles. The number of fused-ring (bicyclic) bond motifs is 1. The van der Waals surface area contributed by atoms with Gasteiger partial charge in [0.15, 0.2) is 5.69 Å². The summed E-state index contributed by atoms with van der Waals surface area (Å²) in [6.07, 6.45) is 1.69. The third-order valence-electron chi connectivity index (χ3n) is 5.48. The molecule has 7 nitrogen and oxygen atoms in total. The van der Waals surface area contributed by atoms with Gasteiger partial charge in [0.25, 0.3) is 5.91 Å². The van der Waals surface area contributed by atoms with E-state index < -0.39 is 11.3 Å². The maximum Gasteiger partial charge on any atom is 0.276 e. The Morgan fingerprint density at radius 2 is 2.00 bits per heavy atom. The summed E-state index contributed by atoms with van der Waals surface area (Å²) in [6.45, 7) is 1.26. The normalized spacial score (nSPS) is 14.1. The van der Waals surface area contributed by atoms with E-state index in [1.54, 1.807) is 24.3 Å². The number of nitrogens with one attached hydrogen (secondary N) is 2. The largest absolute Gasteiger partial charge is 0.384 e. The number of H-pyrrole nitrogens is 1. The van der Waals surface area contributed by atoms with Gasteiger partial charge in [-0.1, -0.05) is 35.6 Å². The topological polar surface area (TPSA) is 104 Å². The Labute approximate surface area is 189 Å². The SMILES string of the molecule is O=C(NCc1ccc(Cl)cc1)c1n[nH]c2c(C#CCO)cc(C3CCOCC3)cc2c1=O. The molecule has 164 valence electrons. The minimum absolute atomic E-state index is 0.211. The van der Waals surface area contributed by atoms with Crippen LogP contribution < -0.4 is 10.7 Å². The summed E-state index contributed by atoms with van der Waals surface area (Å²) in [7, 11) is 0. The standard InChI is InChI=1S/C24H22ClN3O4/c25-19-5-3-15(4-6-19)14-26-24(31)22-23(30)20-13-18(16-7-10-32-11-8-16)12-17(2-1-9-29)21(20)27-28-22/h3-6,12-13,16,29H,7-11,14H2,(H,26,31)(H,27,30). The Balaban J connectivity index is 1.69. The first-order valence-corrected chi connectivity index (χ1v) is 10.7. The number of aromatic amines is 1. The van der Waals surface area contributed by atoms with Crippen molar-refractivity contribution in [2.75, 3.05) is 19.8 Å². The molecule has 1 fully saturated rings. The molecular weight excluding hydrogens is 430 g/mol. The molecule has 3 N–H and O–H groups in total. The first-order chi connectivity index (χ1) is 15.6. The predicted molar refractivity (Wildman–Crippen MR) is 122 cm³/mol. The highest BCUT2D eigenvalue weighted by molar-refractivity contribution is 6.30. The third kappa shape index (κ3) is 4.83. The fourth-order valence-electron chi connectivity index (χ4n) is 3.78. The molecule has 8 heteroatoms. The Bertz CT molecular complexity index is 1250. The van der Waals surface area contributed by atoms with Gasteiger partial charge in [-0.2, -0.15) is 5.10 Å². The fourth-order valence-corrected chi connectivity index (χ4v) is 3.90. The molecule has 32 heavy (non-hydrogen) atoms. The summed E-state index contributed by atoms with van der Waals surface area (Å²) in [5, 5.41) is 19.6. The monoisotopic (exact) mass is 451 g/mol. The van der Waals surface area contributed by atoms with Crippen LogP contribution in [0.15, 0.2) is 41.2 Å². The van der Waals surface area contributed by atoms with Crippen molar-refractivity contribution in [1.82, 2.24) is 15.5 Å². The number of carbonyl (C=O) groups excluding carboxylic acids is 1. The Morgan fingerprint density at radius 3 is 2.72 bits per heavy atom. The van der Waals surface area contributed by atoms with Gasteiger partial charge in [-0.25, -0.2) is 0 Å². The van der Waals surface area contributed by atoms with Crippen LogP contribution in [-0.2, 0) is 11.3 Å².